The molecule has 2 aromatic carbocycles. The molecule has 2 N–H and O–H groups in total. The van der Waals surface area contributed by atoms with Crippen molar-refractivity contribution in [1.82, 2.24) is 0 Å². The van der Waals surface area contributed by atoms with Crippen molar-refractivity contribution in [2.75, 3.05) is 0 Å². The molecule has 0 aromatic heterocycles. The lowest BCUT2D eigenvalue weighted by atomic mass is 9.87. The molecule has 1 aliphatic rings. The molecule has 0 radical (unpaired) electrons. The van der Waals surface area contributed by atoms with E-state index in [-0.39, 0.29) is 27.6 Å². The Balaban J connectivity index is 2.12. The number of phenolic OH excluding ortho intramolecular Hbond substituents is 2. The molecule has 0 bridgehead atoms. The Morgan fingerprint density at radius 3 is 2.52 bits per heavy atom. The van der Waals surface area contributed by atoms with Crippen LogP contribution in [0.1, 0.15) is 34.0 Å². The van der Waals surface area contributed by atoms with Crippen LogP contribution in [-0.2, 0) is 12.8 Å². The number of phenols is 2. The number of ketones is 1. The van der Waals surface area contributed by atoms with Gasteiger partial charge in [-0.15, -0.1) is 0 Å². The zero-order valence-electron chi connectivity index (χ0n) is 12.4. The highest BCUT2D eigenvalue weighted by atomic mass is 35.5. The van der Waals surface area contributed by atoms with Crippen molar-refractivity contribution >= 4 is 29.0 Å². The summed E-state index contributed by atoms with van der Waals surface area (Å²) in [5, 5.41) is 21.4. The Bertz CT molecular complexity index is 854. The van der Waals surface area contributed by atoms with Crippen LogP contribution in [0.4, 0.5) is 0 Å². The quantitative estimate of drug-likeness (QED) is 0.470. The third kappa shape index (κ3) is 2.82. The van der Waals surface area contributed by atoms with Crippen LogP contribution in [0.25, 0.3) is 0 Å². The molecule has 0 aliphatic heterocycles. The van der Waals surface area contributed by atoms with E-state index in [0.29, 0.717) is 29.0 Å². The monoisotopic (exact) mass is 348 g/mol. The third-order valence-electron chi connectivity index (χ3n) is 4.03. The van der Waals surface area contributed by atoms with Crippen molar-refractivity contribution < 1.29 is 15.0 Å². The van der Waals surface area contributed by atoms with Gasteiger partial charge in [-0.05, 0) is 44.0 Å². The minimum absolute atomic E-state index is 0.0127. The van der Waals surface area contributed by atoms with Crippen LogP contribution in [0.2, 0.25) is 10.0 Å². The molecule has 0 amide bonds. The molecule has 0 saturated carbocycles. The first-order chi connectivity index (χ1) is 10.9. The van der Waals surface area contributed by atoms with E-state index in [2.05, 4.69) is 0 Å². The van der Waals surface area contributed by atoms with E-state index in [1.807, 2.05) is 13.0 Å². The van der Waals surface area contributed by atoms with Gasteiger partial charge >= 0.3 is 0 Å². The fourth-order valence-corrected chi connectivity index (χ4v) is 3.28. The standard InChI is InChI=1S/C18H14Cl2O3/c1-9-2-4-11-13(6-9)16(21)8-14(17(11)22)18(23)12-5-3-10(19)7-15(12)20/h2-3,5,7-8,21-22H,4,6H2,1H3. The van der Waals surface area contributed by atoms with Crippen LogP contribution in [0.5, 0.6) is 11.5 Å². The van der Waals surface area contributed by atoms with E-state index >= 15 is 0 Å². The van der Waals surface area contributed by atoms with Crippen LogP contribution in [0, 0.1) is 0 Å². The maximum atomic E-state index is 12.7. The topological polar surface area (TPSA) is 57.5 Å². The Morgan fingerprint density at radius 1 is 1.09 bits per heavy atom. The first kappa shape index (κ1) is 15.9. The van der Waals surface area contributed by atoms with Crippen LogP contribution < -0.4 is 0 Å². The molecule has 1 aliphatic carbocycles. The van der Waals surface area contributed by atoms with Gasteiger partial charge in [-0.25, -0.2) is 0 Å². The number of carbonyl (C=O) groups excluding carboxylic acids is 1. The van der Waals surface area contributed by atoms with Gasteiger partial charge in [0.05, 0.1) is 10.6 Å². The molecule has 0 atom stereocenters. The van der Waals surface area contributed by atoms with Crippen molar-refractivity contribution in [2.45, 2.75) is 19.8 Å². The first-order valence-electron chi connectivity index (χ1n) is 7.10. The molecule has 0 saturated heterocycles. The minimum atomic E-state index is -0.450. The summed E-state index contributed by atoms with van der Waals surface area (Å²) in [6.45, 7) is 1.96. The molecule has 3 nitrogen and oxygen atoms in total. The first-order valence-corrected chi connectivity index (χ1v) is 7.86. The van der Waals surface area contributed by atoms with Gasteiger partial charge < -0.3 is 10.2 Å². The van der Waals surface area contributed by atoms with Crippen LogP contribution in [-0.4, -0.2) is 16.0 Å². The van der Waals surface area contributed by atoms with Gasteiger partial charge in [0.2, 0.25) is 0 Å². The summed E-state index contributed by atoms with van der Waals surface area (Å²) < 4.78 is 0. The summed E-state index contributed by atoms with van der Waals surface area (Å²) in [5.41, 5.74) is 2.64. The third-order valence-corrected chi connectivity index (χ3v) is 4.57. The van der Waals surface area contributed by atoms with Gasteiger partial charge in [-0.3, -0.25) is 4.79 Å². The normalized spacial score (nSPS) is 13.4. The van der Waals surface area contributed by atoms with E-state index in [0.717, 1.165) is 5.57 Å². The molecule has 2 aromatic rings. The fourth-order valence-electron chi connectivity index (χ4n) is 2.79. The Kier molecular flexibility index (Phi) is 4.09. The van der Waals surface area contributed by atoms with E-state index < -0.39 is 5.78 Å². The zero-order chi connectivity index (χ0) is 16.7. The molecule has 5 heteroatoms. The molecule has 23 heavy (non-hydrogen) atoms. The number of rotatable bonds is 2. The molecule has 0 spiro atoms. The van der Waals surface area contributed by atoms with Crippen molar-refractivity contribution in [2.24, 2.45) is 0 Å². The van der Waals surface area contributed by atoms with E-state index in [1.54, 1.807) is 6.07 Å². The molecular weight excluding hydrogens is 335 g/mol. The molecule has 3 rings (SSSR count). The summed E-state index contributed by atoms with van der Waals surface area (Å²) in [6.07, 6.45) is 3.02. The SMILES string of the molecule is CC1=CCc2c(O)c(C(=O)c3ccc(Cl)cc3Cl)cc(O)c2C1. The average Bonchev–Trinajstić information content (AvgIpc) is 2.50. The smallest absolute Gasteiger partial charge is 0.198 e. The van der Waals surface area contributed by atoms with Crippen LogP contribution in [0.3, 0.4) is 0 Å². The molecule has 0 unspecified atom stereocenters. The number of carbonyl (C=O) groups is 1. The summed E-state index contributed by atoms with van der Waals surface area (Å²) in [5.74, 6) is -0.537. The lowest BCUT2D eigenvalue weighted by Crippen LogP contribution is -2.08. The number of fused-ring (bicyclic) bond motifs is 1. The van der Waals surface area contributed by atoms with Crippen LogP contribution >= 0.6 is 23.2 Å². The maximum absolute atomic E-state index is 12.7. The van der Waals surface area contributed by atoms with E-state index in [4.69, 9.17) is 23.2 Å². The lowest BCUT2D eigenvalue weighted by Gasteiger charge is -2.19. The molecule has 0 fully saturated rings. The number of hydrogen-bond acceptors (Lipinski definition) is 3. The summed E-state index contributed by atoms with van der Waals surface area (Å²) in [6, 6.07) is 5.84. The Morgan fingerprint density at radius 2 is 1.83 bits per heavy atom. The van der Waals surface area contributed by atoms with Crippen molar-refractivity contribution in [3.8, 4) is 11.5 Å². The predicted molar refractivity (Wildman–Crippen MR) is 90.8 cm³/mol. The highest BCUT2D eigenvalue weighted by Gasteiger charge is 2.24. The second-order valence-electron chi connectivity index (χ2n) is 5.63. The Labute approximate surface area is 143 Å². The average molecular weight is 349 g/mol. The molecule has 0 heterocycles. The number of hydrogen-bond donors (Lipinski definition) is 2. The van der Waals surface area contributed by atoms with E-state index in [9.17, 15) is 15.0 Å². The Hall–Kier alpha value is -1.97. The molecular formula is C18H14Cl2O3. The minimum Gasteiger partial charge on any atom is -0.508 e. The van der Waals surface area contributed by atoms with Gasteiger partial charge in [0, 0.05) is 21.7 Å². The van der Waals surface area contributed by atoms with Gasteiger partial charge in [0.25, 0.3) is 0 Å². The van der Waals surface area contributed by atoms with E-state index in [1.165, 1.54) is 18.2 Å². The second-order valence-corrected chi connectivity index (χ2v) is 6.48. The highest BCUT2D eigenvalue weighted by Crippen LogP contribution is 2.39. The highest BCUT2D eigenvalue weighted by molar-refractivity contribution is 6.37. The number of benzene rings is 2. The van der Waals surface area contributed by atoms with Crippen LogP contribution in [0.15, 0.2) is 35.9 Å². The van der Waals surface area contributed by atoms with Gasteiger partial charge in [-0.2, -0.15) is 0 Å². The number of allylic oxidation sites excluding steroid dienone is 2. The van der Waals surface area contributed by atoms with Gasteiger partial charge in [-0.1, -0.05) is 34.9 Å². The largest absolute Gasteiger partial charge is 0.508 e. The molecule has 118 valence electrons. The summed E-state index contributed by atoms with van der Waals surface area (Å²) >= 11 is 11.9. The fraction of sp³-hybridized carbons (Fsp3) is 0.167. The second kappa shape index (κ2) is 5.91. The summed E-state index contributed by atoms with van der Waals surface area (Å²) in [4.78, 5) is 12.7. The van der Waals surface area contributed by atoms with Crippen molar-refractivity contribution in [3.63, 3.8) is 0 Å². The predicted octanol–water partition coefficient (Wildman–Crippen LogP) is 4.68. The summed E-state index contributed by atoms with van der Waals surface area (Å²) in [7, 11) is 0. The zero-order valence-corrected chi connectivity index (χ0v) is 13.9. The lowest BCUT2D eigenvalue weighted by molar-refractivity contribution is 0.103. The van der Waals surface area contributed by atoms with Gasteiger partial charge in [0.15, 0.2) is 5.78 Å². The van der Waals surface area contributed by atoms with Crippen molar-refractivity contribution in [1.29, 1.82) is 0 Å². The van der Waals surface area contributed by atoms with Gasteiger partial charge in [0.1, 0.15) is 11.5 Å². The number of aromatic hydroxyl groups is 2. The number of halogens is 2. The van der Waals surface area contributed by atoms with Crippen molar-refractivity contribution in [3.05, 3.63) is 68.2 Å². The maximum Gasteiger partial charge on any atom is 0.198 e.